The first-order chi connectivity index (χ1) is 6.07. The fraction of sp³-hybridized carbons (Fsp3) is 0.667. The van der Waals surface area contributed by atoms with Crippen LogP contribution in [0.1, 0.15) is 37.4 Å². The number of aliphatic hydroxyl groups excluding tert-OH is 1. The van der Waals surface area contributed by atoms with E-state index in [1.807, 2.05) is 18.5 Å². The molecule has 0 aliphatic rings. The fourth-order valence-corrected chi connectivity index (χ4v) is 2.15. The first-order valence-electron chi connectivity index (χ1n) is 4.44. The highest BCUT2D eigenvalue weighted by Gasteiger charge is 2.17. The average molecular weight is 247 g/mol. The van der Waals surface area contributed by atoms with E-state index in [4.69, 9.17) is 0 Å². The van der Waals surface area contributed by atoms with E-state index < -0.39 is 6.10 Å². The van der Waals surface area contributed by atoms with Gasteiger partial charge in [0.25, 0.3) is 0 Å². The second-order valence-corrected chi connectivity index (χ2v) is 3.95. The minimum atomic E-state index is -0.412. The zero-order chi connectivity index (χ0) is 10.0. The summed E-state index contributed by atoms with van der Waals surface area (Å²) in [6.45, 7) is 3.98. The van der Waals surface area contributed by atoms with E-state index >= 15 is 0 Å². The summed E-state index contributed by atoms with van der Waals surface area (Å²) in [6.07, 6.45) is 1.33. The summed E-state index contributed by atoms with van der Waals surface area (Å²) < 4.78 is 2.68. The fourth-order valence-electron chi connectivity index (χ4n) is 1.36. The van der Waals surface area contributed by atoms with Gasteiger partial charge in [0.15, 0.2) is 0 Å². The molecule has 0 aliphatic heterocycles. The second-order valence-electron chi connectivity index (χ2n) is 3.20. The van der Waals surface area contributed by atoms with Gasteiger partial charge in [0.2, 0.25) is 0 Å². The molecular formula is C9H15BrN2O. The molecular weight excluding hydrogens is 232 g/mol. The van der Waals surface area contributed by atoms with Gasteiger partial charge in [-0.1, -0.05) is 13.3 Å². The lowest BCUT2D eigenvalue weighted by atomic mass is 10.1. The minimum absolute atomic E-state index is 0.412. The average Bonchev–Trinajstić information content (AvgIpc) is 2.27. The predicted octanol–water partition coefficient (Wildman–Crippen LogP) is 2.32. The van der Waals surface area contributed by atoms with Crippen LogP contribution < -0.4 is 0 Å². The Bertz CT molecular complexity index is 296. The number of hydrogen-bond donors (Lipinski definition) is 1. The monoisotopic (exact) mass is 246 g/mol. The zero-order valence-electron chi connectivity index (χ0n) is 8.21. The van der Waals surface area contributed by atoms with Gasteiger partial charge in [-0.25, -0.2) is 4.98 Å². The molecule has 1 atom stereocenters. The summed E-state index contributed by atoms with van der Waals surface area (Å²) in [5.74, 6) is 0.914. The molecule has 0 fully saturated rings. The quantitative estimate of drug-likeness (QED) is 0.890. The number of imidazole rings is 1. The van der Waals surface area contributed by atoms with E-state index in [1.165, 1.54) is 0 Å². The van der Waals surface area contributed by atoms with Crippen LogP contribution in [0.4, 0.5) is 0 Å². The highest BCUT2D eigenvalue weighted by molar-refractivity contribution is 9.10. The van der Waals surface area contributed by atoms with Crippen LogP contribution in [-0.4, -0.2) is 14.7 Å². The maximum absolute atomic E-state index is 9.80. The lowest BCUT2D eigenvalue weighted by Gasteiger charge is -2.10. The van der Waals surface area contributed by atoms with Gasteiger partial charge in [-0.3, -0.25) is 0 Å². The molecule has 0 aromatic carbocycles. The second kappa shape index (κ2) is 4.24. The lowest BCUT2D eigenvalue weighted by Crippen LogP contribution is -2.05. The van der Waals surface area contributed by atoms with Gasteiger partial charge in [0, 0.05) is 7.05 Å². The molecule has 3 nitrogen and oxygen atoms in total. The lowest BCUT2D eigenvalue weighted by molar-refractivity contribution is 0.157. The Balaban J connectivity index is 2.98. The van der Waals surface area contributed by atoms with Crippen molar-refractivity contribution in [3.8, 4) is 0 Å². The van der Waals surface area contributed by atoms with Crippen molar-refractivity contribution in [3.05, 3.63) is 16.1 Å². The number of halogens is 1. The maximum Gasteiger partial charge on any atom is 0.130 e. The van der Waals surface area contributed by atoms with E-state index in [9.17, 15) is 5.11 Å². The predicted molar refractivity (Wildman–Crippen MR) is 55.5 cm³/mol. The van der Waals surface area contributed by atoms with Gasteiger partial charge >= 0.3 is 0 Å². The molecule has 0 spiro atoms. The van der Waals surface area contributed by atoms with Gasteiger partial charge in [-0.2, -0.15) is 0 Å². The molecule has 13 heavy (non-hydrogen) atoms. The van der Waals surface area contributed by atoms with Gasteiger partial charge in [0.05, 0.1) is 11.8 Å². The number of aryl methyl sites for hydroxylation is 1. The molecule has 0 radical (unpaired) electrons. The highest BCUT2D eigenvalue weighted by atomic mass is 79.9. The molecule has 0 saturated carbocycles. The SMILES string of the molecule is CCC[C@H](O)c1c(Br)nc(C)n1C. The maximum atomic E-state index is 9.80. The Morgan fingerprint density at radius 2 is 2.23 bits per heavy atom. The van der Waals surface area contributed by atoms with Gasteiger partial charge in [0.1, 0.15) is 10.4 Å². The van der Waals surface area contributed by atoms with Crippen LogP contribution in [0.5, 0.6) is 0 Å². The van der Waals surface area contributed by atoms with Gasteiger partial charge in [-0.05, 0) is 29.3 Å². The van der Waals surface area contributed by atoms with Crippen LogP contribution in [0.25, 0.3) is 0 Å². The van der Waals surface area contributed by atoms with Crippen LogP contribution in [0.15, 0.2) is 4.60 Å². The van der Waals surface area contributed by atoms with Crippen molar-refractivity contribution in [1.29, 1.82) is 0 Å². The van der Waals surface area contributed by atoms with Gasteiger partial charge in [-0.15, -0.1) is 0 Å². The van der Waals surface area contributed by atoms with Crippen molar-refractivity contribution >= 4 is 15.9 Å². The Kier molecular flexibility index (Phi) is 3.50. The normalized spacial score (nSPS) is 13.3. The summed E-state index contributed by atoms with van der Waals surface area (Å²) >= 11 is 3.35. The third-order valence-electron chi connectivity index (χ3n) is 2.20. The molecule has 1 aromatic rings. The van der Waals surface area contributed by atoms with Crippen molar-refractivity contribution in [2.75, 3.05) is 0 Å². The Hall–Kier alpha value is -0.350. The van der Waals surface area contributed by atoms with E-state index in [0.29, 0.717) is 0 Å². The topological polar surface area (TPSA) is 38.1 Å². The van der Waals surface area contributed by atoms with Crippen molar-refractivity contribution in [1.82, 2.24) is 9.55 Å². The molecule has 0 aliphatic carbocycles. The minimum Gasteiger partial charge on any atom is -0.387 e. The van der Waals surface area contributed by atoms with Gasteiger partial charge < -0.3 is 9.67 Å². The van der Waals surface area contributed by atoms with Crippen LogP contribution in [0, 0.1) is 6.92 Å². The van der Waals surface area contributed by atoms with E-state index in [-0.39, 0.29) is 0 Å². The van der Waals surface area contributed by atoms with E-state index in [0.717, 1.165) is 29.0 Å². The van der Waals surface area contributed by atoms with Crippen LogP contribution in [0.2, 0.25) is 0 Å². The Labute approximate surface area is 86.9 Å². The van der Waals surface area contributed by atoms with Crippen LogP contribution in [-0.2, 0) is 7.05 Å². The Morgan fingerprint density at radius 1 is 1.62 bits per heavy atom. The smallest absolute Gasteiger partial charge is 0.130 e. The molecule has 74 valence electrons. The molecule has 1 heterocycles. The summed E-state index contributed by atoms with van der Waals surface area (Å²) in [4.78, 5) is 4.23. The number of hydrogen-bond acceptors (Lipinski definition) is 2. The van der Waals surface area contributed by atoms with E-state index in [1.54, 1.807) is 0 Å². The molecule has 1 N–H and O–H groups in total. The molecule has 0 unspecified atom stereocenters. The first-order valence-corrected chi connectivity index (χ1v) is 5.24. The number of aliphatic hydroxyl groups is 1. The van der Waals surface area contributed by atoms with Crippen LogP contribution in [0.3, 0.4) is 0 Å². The van der Waals surface area contributed by atoms with Crippen molar-refractivity contribution in [2.24, 2.45) is 7.05 Å². The molecule has 0 bridgehead atoms. The van der Waals surface area contributed by atoms with Crippen molar-refractivity contribution < 1.29 is 5.11 Å². The first kappa shape index (κ1) is 10.7. The van der Waals surface area contributed by atoms with Crippen LogP contribution >= 0.6 is 15.9 Å². The van der Waals surface area contributed by atoms with Crippen molar-refractivity contribution in [2.45, 2.75) is 32.8 Å². The van der Waals surface area contributed by atoms with E-state index in [2.05, 4.69) is 27.8 Å². The largest absolute Gasteiger partial charge is 0.387 e. The number of nitrogens with zero attached hydrogens (tertiary/aromatic N) is 2. The Morgan fingerprint density at radius 3 is 2.62 bits per heavy atom. The third kappa shape index (κ3) is 2.11. The number of aromatic nitrogens is 2. The summed E-state index contributed by atoms with van der Waals surface area (Å²) in [5, 5.41) is 9.80. The molecule has 0 amide bonds. The van der Waals surface area contributed by atoms with Crippen molar-refractivity contribution in [3.63, 3.8) is 0 Å². The standard InChI is InChI=1S/C9H15BrN2O/c1-4-5-7(13)8-9(10)11-6(2)12(8)3/h7,13H,4-5H2,1-3H3/t7-/m0/s1. The highest BCUT2D eigenvalue weighted by Crippen LogP contribution is 2.26. The summed E-state index contributed by atoms with van der Waals surface area (Å²) in [5.41, 5.74) is 0.874. The number of rotatable bonds is 3. The molecule has 1 aromatic heterocycles. The summed E-state index contributed by atoms with van der Waals surface area (Å²) in [7, 11) is 1.92. The zero-order valence-corrected chi connectivity index (χ0v) is 9.80. The molecule has 0 saturated heterocycles. The summed E-state index contributed by atoms with van der Waals surface area (Å²) in [6, 6.07) is 0. The molecule has 4 heteroatoms. The third-order valence-corrected chi connectivity index (χ3v) is 2.78. The molecule has 1 rings (SSSR count).